The van der Waals surface area contributed by atoms with Gasteiger partial charge >= 0.3 is 0 Å². The molecule has 94 valence electrons. The smallest absolute Gasteiger partial charge is 0.268 e. The molecular weight excluding hydrogens is 246 g/mol. The van der Waals surface area contributed by atoms with E-state index in [1.807, 2.05) is 4.72 Å². The molecule has 17 heavy (non-hydrogen) atoms. The topological polar surface area (TPSA) is 81.7 Å². The lowest BCUT2D eigenvalue weighted by Crippen LogP contribution is -2.29. The van der Waals surface area contributed by atoms with Gasteiger partial charge < -0.3 is 9.47 Å². The predicted octanol–water partition coefficient (Wildman–Crippen LogP) is 0.393. The fraction of sp³-hybridized carbons (Fsp3) is 0.300. The van der Waals surface area contributed by atoms with Crippen molar-refractivity contribution in [2.75, 3.05) is 20.5 Å². The lowest BCUT2D eigenvalue weighted by atomic mass is 10.2. The highest BCUT2D eigenvalue weighted by atomic mass is 32.2. The molecule has 1 aromatic rings. The Morgan fingerprint density at radius 2 is 1.88 bits per heavy atom. The van der Waals surface area contributed by atoms with E-state index in [9.17, 15) is 13.2 Å². The summed E-state index contributed by atoms with van der Waals surface area (Å²) in [5, 5.41) is 0. The van der Waals surface area contributed by atoms with Crippen LogP contribution >= 0.6 is 0 Å². The van der Waals surface area contributed by atoms with Gasteiger partial charge in [0.15, 0.2) is 0 Å². The van der Waals surface area contributed by atoms with E-state index in [2.05, 4.69) is 0 Å². The Kier molecular flexibility index (Phi) is 3.95. The Labute approximate surface area is 99.6 Å². The van der Waals surface area contributed by atoms with E-state index in [1.165, 1.54) is 26.4 Å². The van der Waals surface area contributed by atoms with Gasteiger partial charge in [-0.25, -0.2) is 13.1 Å². The highest BCUT2D eigenvalue weighted by Crippen LogP contribution is 2.23. The summed E-state index contributed by atoms with van der Waals surface area (Å²) in [5.41, 5.74) is 0.0947. The van der Waals surface area contributed by atoms with Crippen LogP contribution in [0.4, 0.5) is 0 Å². The van der Waals surface area contributed by atoms with Gasteiger partial charge in [0.1, 0.15) is 11.5 Å². The van der Waals surface area contributed by atoms with Gasteiger partial charge in [-0.2, -0.15) is 0 Å². The fourth-order valence-corrected chi connectivity index (χ4v) is 1.66. The molecule has 6 nitrogen and oxygen atoms in total. The molecule has 1 rings (SSSR count). The number of amides is 1. The molecule has 0 atom stereocenters. The molecule has 1 aromatic carbocycles. The van der Waals surface area contributed by atoms with Crippen LogP contribution in [0.2, 0.25) is 0 Å². The molecule has 0 aliphatic carbocycles. The minimum atomic E-state index is -3.61. The Bertz CT molecular complexity index is 523. The zero-order valence-electron chi connectivity index (χ0n) is 9.68. The van der Waals surface area contributed by atoms with Crippen LogP contribution in [-0.2, 0) is 10.0 Å². The molecule has 0 aliphatic heterocycles. The average molecular weight is 259 g/mol. The number of carbonyl (C=O) groups is 1. The molecule has 0 bridgehead atoms. The number of nitrogens with one attached hydrogen (secondary N) is 1. The van der Waals surface area contributed by atoms with E-state index in [-0.39, 0.29) is 11.3 Å². The maximum absolute atomic E-state index is 11.7. The molecule has 0 saturated carbocycles. The summed E-state index contributed by atoms with van der Waals surface area (Å²) < 4.78 is 33.7. The lowest BCUT2D eigenvalue weighted by Gasteiger charge is -2.09. The molecule has 0 saturated heterocycles. The average Bonchev–Trinajstić information content (AvgIpc) is 2.25. The highest BCUT2D eigenvalue weighted by molar-refractivity contribution is 7.89. The molecule has 1 amide bonds. The Morgan fingerprint density at radius 3 is 2.35 bits per heavy atom. The summed E-state index contributed by atoms with van der Waals surface area (Å²) in [7, 11) is -0.780. The maximum Gasteiger partial charge on any atom is 0.268 e. The molecule has 0 aliphatic rings. The first-order valence-electron chi connectivity index (χ1n) is 4.61. The number of rotatable bonds is 4. The summed E-state index contributed by atoms with van der Waals surface area (Å²) in [4.78, 5) is 11.7. The first-order valence-corrected chi connectivity index (χ1v) is 6.50. The molecule has 0 unspecified atom stereocenters. The van der Waals surface area contributed by atoms with Crippen molar-refractivity contribution in [3.63, 3.8) is 0 Å². The molecule has 1 N–H and O–H groups in total. The van der Waals surface area contributed by atoms with Gasteiger partial charge in [0.05, 0.1) is 26.0 Å². The van der Waals surface area contributed by atoms with Gasteiger partial charge in [-0.1, -0.05) is 0 Å². The number of benzene rings is 1. The van der Waals surface area contributed by atoms with Gasteiger partial charge in [0.25, 0.3) is 5.91 Å². The number of carbonyl (C=O) groups excluding carboxylic acids is 1. The van der Waals surface area contributed by atoms with Crippen LogP contribution < -0.4 is 14.2 Å². The van der Waals surface area contributed by atoms with E-state index < -0.39 is 15.9 Å². The maximum atomic E-state index is 11.7. The quantitative estimate of drug-likeness (QED) is 0.846. The van der Waals surface area contributed by atoms with Gasteiger partial charge in [0.2, 0.25) is 10.0 Å². The highest BCUT2D eigenvalue weighted by Gasteiger charge is 2.16. The zero-order valence-corrected chi connectivity index (χ0v) is 10.5. The van der Waals surface area contributed by atoms with Crippen LogP contribution in [0.3, 0.4) is 0 Å². The van der Waals surface area contributed by atoms with Crippen molar-refractivity contribution in [3.8, 4) is 11.5 Å². The third-order valence-electron chi connectivity index (χ3n) is 1.93. The van der Waals surface area contributed by atoms with Crippen molar-refractivity contribution in [1.29, 1.82) is 0 Å². The summed E-state index contributed by atoms with van der Waals surface area (Å²) in [6, 6.07) is 4.53. The number of ether oxygens (including phenoxy) is 2. The van der Waals surface area contributed by atoms with Gasteiger partial charge in [-0.15, -0.1) is 0 Å². The van der Waals surface area contributed by atoms with Crippen LogP contribution in [0, 0.1) is 0 Å². The summed E-state index contributed by atoms with van der Waals surface area (Å²) in [6.07, 6.45) is 0.900. The summed E-state index contributed by atoms with van der Waals surface area (Å²) >= 11 is 0. The number of sulfonamides is 1. The van der Waals surface area contributed by atoms with Crippen molar-refractivity contribution in [2.45, 2.75) is 0 Å². The van der Waals surface area contributed by atoms with Crippen LogP contribution in [0.25, 0.3) is 0 Å². The second-order valence-corrected chi connectivity index (χ2v) is 5.02. The van der Waals surface area contributed by atoms with Crippen molar-refractivity contribution in [3.05, 3.63) is 23.8 Å². The first kappa shape index (κ1) is 13.3. The molecular formula is C10H13NO5S. The minimum absolute atomic E-state index is 0.0947. The number of hydrogen-bond donors (Lipinski definition) is 1. The van der Waals surface area contributed by atoms with Gasteiger partial charge in [-0.3, -0.25) is 4.79 Å². The first-order chi connectivity index (χ1) is 7.87. The van der Waals surface area contributed by atoms with Crippen molar-refractivity contribution < 1.29 is 22.7 Å². The van der Waals surface area contributed by atoms with E-state index in [0.29, 0.717) is 5.75 Å². The van der Waals surface area contributed by atoms with Crippen LogP contribution in [-0.4, -0.2) is 34.8 Å². The van der Waals surface area contributed by atoms with E-state index >= 15 is 0 Å². The van der Waals surface area contributed by atoms with Gasteiger partial charge in [-0.05, 0) is 18.2 Å². The largest absolute Gasteiger partial charge is 0.497 e. The molecule has 0 fully saturated rings. The third kappa shape index (κ3) is 3.63. The summed E-state index contributed by atoms with van der Waals surface area (Å²) in [6.45, 7) is 0. The zero-order chi connectivity index (χ0) is 13.1. The van der Waals surface area contributed by atoms with E-state index in [0.717, 1.165) is 6.26 Å². The third-order valence-corrected chi connectivity index (χ3v) is 2.49. The molecule has 7 heteroatoms. The van der Waals surface area contributed by atoms with Crippen LogP contribution in [0.5, 0.6) is 11.5 Å². The molecule has 0 spiro atoms. The monoisotopic (exact) mass is 259 g/mol. The Balaban J connectivity index is 3.14. The summed E-state index contributed by atoms with van der Waals surface area (Å²) in [5.74, 6) is -0.0559. The van der Waals surface area contributed by atoms with Crippen molar-refractivity contribution in [2.24, 2.45) is 0 Å². The molecule has 0 radical (unpaired) electrons. The molecule has 0 heterocycles. The van der Waals surface area contributed by atoms with E-state index in [4.69, 9.17) is 9.47 Å². The standard InChI is InChI=1S/C10H13NO5S/c1-15-7-4-5-9(16-2)8(6-7)10(12)11-17(3,13)14/h4-6H,1-3H3,(H,11,12). The van der Waals surface area contributed by atoms with Gasteiger partial charge in [0, 0.05) is 0 Å². The molecule has 0 aromatic heterocycles. The SMILES string of the molecule is COc1ccc(OC)c(C(=O)NS(C)(=O)=O)c1. The van der Waals surface area contributed by atoms with E-state index in [1.54, 1.807) is 6.07 Å². The lowest BCUT2D eigenvalue weighted by molar-refractivity contribution is 0.0978. The second kappa shape index (κ2) is 5.05. The van der Waals surface area contributed by atoms with Crippen molar-refractivity contribution in [1.82, 2.24) is 4.72 Å². The Morgan fingerprint density at radius 1 is 1.24 bits per heavy atom. The fourth-order valence-electron chi connectivity index (χ4n) is 1.21. The number of methoxy groups -OCH3 is 2. The Hall–Kier alpha value is -1.76. The predicted molar refractivity (Wildman–Crippen MR) is 61.9 cm³/mol. The minimum Gasteiger partial charge on any atom is -0.497 e. The normalized spacial score (nSPS) is 10.8. The van der Waals surface area contributed by atoms with Crippen molar-refractivity contribution >= 4 is 15.9 Å². The van der Waals surface area contributed by atoms with Crippen LogP contribution in [0.1, 0.15) is 10.4 Å². The van der Waals surface area contributed by atoms with Crippen LogP contribution in [0.15, 0.2) is 18.2 Å². The second-order valence-electron chi connectivity index (χ2n) is 3.27. The number of hydrogen-bond acceptors (Lipinski definition) is 5.